The molecule has 1 heterocycles. The Labute approximate surface area is 149 Å². The highest BCUT2D eigenvalue weighted by Gasteiger charge is 2.26. The van der Waals surface area contributed by atoms with E-state index in [9.17, 15) is 14.9 Å². The standard InChI is InChI=1S/C15H17ClN6O3/c1-3-21(4-2)14-12(22(24)25)13(17-9-18-14)19-20-15(23)10-7-5-6-8-11(10)16/h5-9H,3-4H2,1-2H3,(H,20,23)(H,17,18,19). The molecule has 1 aromatic heterocycles. The van der Waals surface area contributed by atoms with Gasteiger partial charge in [-0.1, -0.05) is 23.7 Å². The van der Waals surface area contributed by atoms with Crippen LogP contribution in [-0.4, -0.2) is 33.9 Å². The smallest absolute Gasteiger partial charge is 0.351 e. The molecule has 0 bridgehead atoms. The Hall–Kier alpha value is -2.94. The van der Waals surface area contributed by atoms with Crippen LogP contribution in [0.5, 0.6) is 0 Å². The van der Waals surface area contributed by atoms with E-state index in [-0.39, 0.29) is 27.9 Å². The predicted octanol–water partition coefficient (Wildman–Crippen LogP) is 2.64. The van der Waals surface area contributed by atoms with Crippen molar-refractivity contribution in [2.75, 3.05) is 23.4 Å². The highest BCUT2D eigenvalue weighted by atomic mass is 35.5. The second-order valence-corrected chi connectivity index (χ2v) is 5.29. The van der Waals surface area contributed by atoms with Gasteiger partial charge in [-0.2, -0.15) is 0 Å². The van der Waals surface area contributed by atoms with Crippen molar-refractivity contribution in [2.24, 2.45) is 0 Å². The lowest BCUT2D eigenvalue weighted by atomic mass is 10.2. The van der Waals surface area contributed by atoms with E-state index in [0.29, 0.717) is 13.1 Å². The molecule has 2 N–H and O–H groups in total. The maximum Gasteiger partial charge on any atom is 0.355 e. The predicted molar refractivity (Wildman–Crippen MR) is 94.8 cm³/mol. The van der Waals surface area contributed by atoms with Gasteiger partial charge in [-0.3, -0.25) is 25.8 Å². The van der Waals surface area contributed by atoms with Crippen LogP contribution in [0.2, 0.25) is 5.02 Å². The average molecular weight is 365 g/mol. The first kappa shape index (κ1) is 18.4. The van der Waals surface area contributed by atoms with Crippen molar-refractivity contribution < 1.29 is 9.72 Å². The molecule has 2 rings (SSSR count). The molecule has 0 saturated heterocycles. The second kappa shape index (κ2) is 8.25. The normalized spacial score (nSPS) is 10.2. The summed E-state index contributed by atoms with van der Waals surface area (Å²) in [5.41, 5.74) is 4.77. The van der Waals surface area contributed by atoms with Crippen LogP contribution in [0, 0.1) is 10.1 Å². The van der Waals surface area contributed by atoms with Crippen LogP contribution >= 0.6 is 11.6 Å². The monoisotopic (exact) mass is 364 g/mol. The van der Waals surface area contributed by atoms with Crippen molar-refractivity contribution >= 4 is 34.8 Å². The van der Waals surface area contributed by atoms with Crippen LogP contribution in [0.4, 0.5) is 17.3 Å². The Kier molecular flexibility index (Phi) is 6.07. The van der Waals surface area contributed by atoms with Gasteiger partial charge in [-0.25, -0.2) is 9.97 Å². The lowest BCUT2D eigenvalue weighted by Gasteiger charge is -2.20. The minimum Gasteiger partial charge on any atom is -0.351 e. The summed E-state index contributed by atoms with van der Waals surface area (Å²) >= 11 is 5.96. The van der Waals surface area contributed by atoms with Gasteiger partial charge in [-0.05, 0) is 26.0 Å². The topological polar surface area (TPSA) is 113 Å². The van der Waals surface area contributed by atoms with Crippen molar-refractivity contribution in [1.82, 2.24) is 15.4 Å². The number of anilines is 2. The molecule has 132 valence electrons. The van der Waals surface area contributed by atoms with Crippen LogP contribution < -0.4 is 15.8 Å². The minimum absolute atomic E-state index is 0.109. The summed E-state index contributed by atoms with van der Waals surface area (Å²) in [7, 11) is 0. The summed E-state index contributed by atoms with van der Waals surface area (Å²) in [6.07, 6.45) is 1.20. The van der Waals surface area contributed by atoms with E-state index in [1.165, 1.54) is 12.4 Å². The molecule has 0 unspecified atom stereocenters. The summed E-state index contributed by atoms with van der Waals surface area (Å²) < 4.78 is 0. The van der Waals surface area contributed by atoms with E-state index in [1.54, 1.807) is 23.1 Å². The maximum atomic E-state index is 12.2. The van der Waals surface area contributed by atoms with Gasteiger partial charge in [0.2, 0.25) is 11.6 Å². The Morgan fingerprint density at radius 1 is 1.28 bits per heavy atom. The maximum absolute atomic E-state index is 12.2. The van der Waals surface area contributed by atoms with Crippen LogP contribution in [0.3, 0.4) is 0 Å². The van der Waals surface area contributed by atoms with Gasteiger partial charge >= 0.3 is 5.69 Å². The molecular weight excluding hydrogens is 348 g/mol. The first-order valence-electron chi connectivity index (χ1n) is 7.54. The van der Waals surface area contributed by atoms with Gasteiger partial charge in [0.15, 0.2) is 0 Å². The minimum atomic E-state index is -0.586. The number of halogens is 1. The van der Waals surface area contributed by atoms with E-state index >= 15 is 0 Å². The summed E-state index contributed by atoms with van der Waals surface area (Å²) in [5, 5.41) is 11.7. The van der Waals surface area contributed by atoms with Crippen LogP contribution in [0.25, 0.3) is 0 Å². The molecule has 1 aromatic carbocycles. The molecule has 10 heteroatoms. The Morgan fingerprint density at radius 2 is 1.96 bits per heavy atom. The zero-order valence-electron chi connectivity index (χ0n) is 13.7. The molecule has 0 aliphatic rings. The third-order valence-electron chi connectivity index (χ3n) is 3.46. The summed E-state index contributed by atoms with van der Waals surface area (Å²) in [4.78, 5) is 32.6. The number of carbonyl (C=O) groups is 1. The number of nitrogens with one attached hydrogen (secondary N) is 2. The van der Waals surface area contributed by atoms with Crippen molar-refractivity contribution in [2.45, 2.75) is 13.8 Å². The molecule has 25 heavy (non-hydrogen) atoms. The van der Waals surface area contributed by atoms with Gasteiger partial charge in [0.1, 0.15) is 6.33 Å². The molecule has 1 amide bonds. The van der Waals surface area contributed by atoms with Gasteiger partial charge in [0.05, 0.1) is 15.5 Å². The molecule has 0 aliphatic heterocycles. The van der Waals surface area contributed by atoms with Crippen molar-refractivity contribution in [3.8, 4) is 0 Å². The Morgan fingerprint density at radius 3 is 2.56 bits per heavy atom. The fraction of sp³-hybridized carbons (Fsp3) is 0.267. The molecule has 0 fully saturated rings. The van der Waals surface area contributed by atoms with Gasteiger partial charge < -0.3 is 4.90 Å². The molecule has 0 atom stereocenters. The second-order valence-electron chi connectivity index (χ2n) is 4.88. The number of rotatable bonds is 7. The summed E-state index contributed by atoms with van der Waals surface area (Å²) in [6.45, 7) is 4.81. The fourth-order valence-electron chi connectivity index (χ4n) is 2.21. The molecule has 0 saturated carbocycles. The third kappa shape index (κ3) is 4.13. The molecule has 0 spiro atoms. The number of amides is 1. The molecule has 2 aromatic rings. The van der Waals surface area contributed by atoms with Gasteiger partial charge in [0, 0.05) is 13.1 Å². The Balaban J connectivity index is 2.28. The number of hydrogen-bond donors (Lipinski definition) is 2. The molecule has 0 radical (unpaired) electrons. The molecular formula is C15H17ClN6O3. The zero-order chi connectivity index (χ0) is 18.4. The van der Waals surface area contributed by atoms with Crippen LogP contribution in [0.15, 0.2) is 30.6 Å². The van der Waals surface area contributed by atoms with Gasteiger partial charge in [-0.15, -0.1) is 0 Å². The van der Waals surface area contributed by atoms with Crippen LogP contribution in [0.1, 0.15) is 24.2 Å². The van der Waals surface area contributed by atoms with Crippen LogP contribution in [-0.2, 0) is 0 Å². The molecule has 0 aliphatic carbocycles. The number of hydrazine groups is 1. The van der Waals surface area contributed by atoms with E-state index < -0.39 is 10.8 Å². The first-order valence-corrected chi connectivity index (χ1v) is 7.92. The average Bonchev–Trinajstić information content (AvgIpc) is 2.61. The number of benzene rings is 1. The molecule has 9 nitrogen and oxygen atoms in total. The summed E-state index contributed by atoms with van der Waals surface area (Å²) in [6, 6.07) is 6.46. The van der Waals surface area contributed by atoms with Crippen molar-refractivity contribution in [1.29, 1.82) is 0 Å². The van der Waals surface area contributed by atoms with Crippen molar-refractivity contribution in [3.05, 3.63) is 51.3 Å². The third-order valence-corrected chi connectivity index (χ3v) is 3.79. The van der Waals surface area contributed by atoms with E-state index in [1.807, 2.05) is 13.8 Å². The highest BCUT2D eigenvalue weighted by molar-refractivity contribution is 6.33. The lowest BCUT2D eigenvalue weighted by molar-refractivity contribution is -0.383. The van der Waals surface area contributed by atoms with Crippen molar-refractivity contribution in [3.63, 3.8) is 0 Å². The highest BCUT2D eigenvalue weighted by Crippen LogP contribution is 2.31. The van der Waals surface area contributed by atoms with Gasteiger partial charge in [0.25, 0.3) is 5.91 Å². The van der Waals surface area contributed by atoms with E-state index in [0.717, 1.165) is 0 Å². The summed E-state index contributed by atoms with van der Waals surface area (Å²) in [5.74, 6) is -0.468. The van der Waals surface area contributed by atoms with E-state index in [4.69, 9.17) is 11.6 Å². The number of nitro groups is 1. The number of nitrogens with zero attached hydrogens (tertiary/aromatic N) is 4. The SMILES string of the molecule is CCN(CC)c1ncnc(NNC(=O)c2ccccc2Cl)c1[N+](=O)[O-]. The zero-order valence-corrected chi connectivity index (χ0v) is 14.4. The largest absolute Gasteiger partial charge is 0.355 e. The number of carbonyl (C=O) groups excluding carboxylic acids is 1. The van der Waals surface area contributed by atoms with E-state index in [2.05, 4.69) is 20.8 Å². The Bertz CT molecular complexity index is 782. The first-order chi connectivity index (χ1) is 12.0. The number of aromatic nitrogens is 2. The fourth-order valence-corrected chi connectivity index (χ4v) is 2.43. The number of hydrogen-bond acceptors (Lipinski definition) is 7. The lowest BCUT2D eigenvalue weighted by Crippen LogP contribution is -2.31. The quantitative estimate of drug-likeness (QED) is 0.573.